The predicted molar refractivity (Wildman–Crippen MR) is 82.5 cm³/mol. The first-order valence-corrected chi connectivity index (χ1v) is 8.74. The molecule has 1 spiro atoms. The van der Waals surface area contributed by atoms with Crippen LogP contribution in [0, 0.1) is 17.3 Å². The number of halogens is 3. The van der Waals surface area contributed by atoms with E-state index in [0.717, 1.165) is 31.6 Å². The molecule has 1 aromatic rings. The summed E-state index contributed by atoms with van der Waals surface area (Å²) in [6, 6.07) is 0.902. The molecule has 4 nitrogen and oxygen atoms in total. The van der Waals surface area contributed by atoms with Crippen LogP contribution >= 0.6 is 0 Å². The smallest absolute Gasteiger partial charge is 0.350 e. The van der Waals surface area contributed by atoms with Crippen LogP contribution in [0.2, 0.25) is 0 Å². The Hall–Kier alpha value is -1.37. The second kappa shape index (κ2) is 4.62. The summed E-state index contributed by atoms with van der Waals surface area (Å²) in [6.45, 7) is 2.06. The summed E-state index contributed by atoms with van der Waals surface area (Å²) >= 11 is 0. The monoisotopic (exact) mass is 338 g/mol. The lowest BCUT2D eigenvalue weighted by Crippen LogP contribution is -2.62. The molecule has 7 heteroatoms. The van der Waals surface area contributed by atoms with Crippen molar-refractivity contribution in [3.05, 3.63) is 18.1 Å². The first-order valence-electron chi connectivity index (χ1n) is 8.74. The van der Waals surface area contributed by atoms with Gasteiger partial charge in [-0.15, -0.1) is 0 Å². The number of hydrogen-bond acceptors (Lipinski definition) is 4. The summed E-state index contributed by atoms with van der Waals surface area (Å²) in [4.78, 5) is 12.5. The maximum atomic E-state index is 12.7. The van der Waals surface area contributed by atoms with Gasteiger partial charge in [-0.1, -0.05) is 0 Å². The Labute approximate surface area is 139 Å². The summed E-state index contributed by atoms with van der Waals surface area (Å²) in [5.74, 6) is 2.10. The van der Waals surface area contributed by atoms with E-state index in [1.165, 1.54) is 25.5 Å². The molecule has 4 unspecified atom stereocenters. The molecule has 24 heavy (non-hydrogen) atoms. The number of aromatic nitrogens is 2. The molecule has 3 aliphatic carbocycles. The number of likely N-dealkylation sites (N-methyl/N-ethyl adjacent to an activating group) is 1. The molecular formula is C17H21F3N4. The maximum absolute atomic E-state index is 12.7. The van der Waals surface area contributed by atoms with E-state index >= 15 is 0 Å². The van der Waals surface area contributed by atoms with Gasteiger partial charge in [0.1, 0.15) is 5.82 Å². The summed E-state index contributed by atoms with van der Waals surface area (Å²) in [6.07, 6.45) is 2.67. The van der Waals surface area contributed by atoms with Crippen LogP contribution in [-0.4, -0.2) is 47.1 Å². The van der Waals surface area contributed by atoms with Crippen LogP contribution in [0.4, 0.5) is 19.0 Å². The van der Waals surface area contributed by atoms with Gasteiger partial charge in [0.15, 0.2) is 5.69 Å². The Morgan fingerprint density at radius 1 is 1.25 bits per heavy atom. The molecule has 2 heterocycles. The van der Waals surface area contributed by atoms with Crippen molar-refractivity contribution in [2.24, 2.45) is 17.3 Å². The van der Waals surface area contributed by atoms with Crippen molar-refractivity contribution < 1.29 is 13.2 Å². The second-order valence-corrected chi connectivity index (χ2v) is 8.14. The molecule has 0 N–H and O–H groups in total. The van der Waals surface area contributed by atoms with Gasteiger partial charge < -0.3 is 9.80 Å². The lowest BCUT2D eigenvalue weighted by atomic mass is 9.70. The van der Waals surface area contributed by atoms with Gasteiger partial charge in [0, 0.05) is 25.2 Å². The number of alkyl halides is 3. The predicted octanol–water partition coefficient (Wildman–Crippen LogP) is 2.80. The fourth-order valence-corrected chi connectivity index (χ4v) is 5.17. The maximum Gasteiger partial charge on any atom is 0.434 e. The minimum atomic E-state index is -4.43. The Morgan fingerprint density at radius 3 is 2.62 bits per heavy atom. The highest BCUT2D eigenvalue weighted by Gasteiger charge is 2.74. The largest absolute Gasteiger partial charge is 0.434 e. The van der Waals surface area contributed by atoms with Crippen LogP contribution in [0.25, 0.3) is 0 Å². The molecule has 4 fully saturated rings. The highest BCUT2D eigenvalue weighted by atomic mass is 19.4. The normalized spacial score (nSPS) is 37.6. The van der Waals surface area contributed by atoms with E-state index in [2.05, 4.69) is 26.8 Å². The van der Waals surface area contributed by atoms with Crippen molar-refractivity contribution >= 4 is 5.82 Å². The Kier molecular flexibility index (Phi) is 2.88. The van der Waals surface area contributed by atoms with Gasteiger partial charge in [-0.2, -0.15) is 13.2 Å². The number of nitrogens with zero attached hydrogens (tertiary/aromatic N) is 4. The van der Waals surface area contributed by atoms with Gasteiger partial charge in [0.2, 0.25) is 0 Å². The quantitative estimate of drug-likeness (QED) is 0.845. The van der Waals surface area contributed by atoms with Crippen molar-refractivity contribution in [1.82, 2.24) is 14.9 Å². The topological polar surface area (TPSA) is 32.3 Å². The summed E-state index contributed by atoms with van der Waals surface area (Å²) in [5.41, 5.74) is -0.413. The Morgan fingerprint density at radius 2 is 2.04 bits per heavy atom. The molecule has 0 radical (unpaired) electrons. The third-order valence-corrected chi connectivity index (χ3v) is 6.58. The number of hydrogen-bond donors (Lipinski definition) is 0. The second-order valence-electron chi connectivity index (χ2n) is 8.14. The van der Waals surface area contributed by atoms with E-state index < -0.39 is 11.9 Å². The van der Waals surface area contributed by atoms with Gasteiger partial charge in [-0.3, -0.25) is 0 Å². The molecular weight excluding hydrogens is 317 g/mol. The number of rotatable bonds is 4. The molecule has 3 saturated carbocycles. The molecule has 4 atom stereocenters. The van der Waals surface area contributed by atoms with Crippen LogP contribution in [0.3, 0.4) is 0 Å². The minimum absolute atomic E-state index is 0.370. The molecule has 1 aromatic heterocycles. The molecule has 4 aliphatic rings. The zero-order valence-electron chi connectivity index (χ0n) is 13.6. The summed E-state index contributed by atoms with van der Waals surface area (Å²) in [5, 5.41) is 0. The molecule has 130 valence electrons. The SMILES string of the molecule is CN1CC2CC23CC(N(CC2CC2)c2cnc(C(F)(F)F)cn2)C13. The number of likely N-dealkylation sites (tertiary alicyclic amines) is 1. The van der Waals surface area contributed by atoms with E-state index in [9.17, 15) is 13.2 Å². The van der Waals surface area contributed by atoms with Crippen molar-refractivity contribution in [3.8, 4) is 0 Å². The van der Waals surface area contributed by atoms with Gasteiger partial charge in [-0.25, -0.2) is 9.97 Å². The lowest BCUT2D eigenvalue weighted by Gasteiger charge is -2.52. The van der Waals surface area contributed by atoms with Gasteiger partial charge in [-0.05, 0) is 50.0 Å². The van der Waals surface area contributed by atoms with Crippen molar-refractivity contribution in [1.29, 1.82) is 0 Å². The molecule has 0 amide bonds. The minimum Gasteiger partial charge on any atom is -0.350 e. The zero-order valence-corrected chi connectivity index (χ0v) is 13.6. The first kappa shape index (κ1) is 14.9. The third-order valence-electron chi connectivity index (χ3n) is 6.58. The third kappa shape index (κ3) is 2.09. The van der Waals surface area contributed by atoms with Gasteiger partial charge in [0.05, 0.1) is 12.4 Å². The lowest BCUT2D eigenvalue weighted by molar-refractivity contribution is -0.141. The molecule has 1 aliphatic heterocycles. The van der Waals surface area contributed by atoms with E-state index in [0.29, 0.717) is 29.2 Å². The van der Waals surface area contributed by atoms with E-state index in [1.54, 1.807) is 0 Å². The van der Waals surface area contributed by atoms with Crippen LogP contribution in [-0.2, 0) is 6.18 Å². The fourth-order valence-electron chi connectivity index (χ4n) is 5.17. The van der Waals surface area contributed by atoms with E-state index in [1.807, 2.05) is 0 Å². The number of anilines is 1. The highest BCUT2D eigenvalue weighted by molar-refractivity contribution is 5.44. The summed E-state index contributed by atoms with van der Waals surface area (Å²) < 4.78 is 38.2. The summed E-state index contributed by atoms with van der Waals surface area (Å²) in [7, 11) is 2.18. The van der Waals surface area contributed by atoms with Crippen LogP contribution in [0.5, 0.6) is 0 Å². The standard InChI is InChI=1S/C17H21F3N4/c1-23-9-11-4-16(11)5-12(15(16)23)24(8-10-2-3-10)14-7-21-13(6-22-14)17(18,19)20/h6-7,10-12,15H,2-5,8-9H2,1H3. The van der Waals surface area contributed by atoms with E-state index in [-0.39, 0.29) is 0 Å². The molecule has 0 bridgehead atoms. The Balaban J connectivity index is 1.41. The molecule has 1 saturated heterocycles. The zero-order chi connectivity index (χ0) is 16.7. The van der Waals surface area contributed by atoms with Crippen molar-refractivity contribution in [3.63, 3.8) is 0 Å². The number of piperidine rings is 1. The van der Waals surface area contributed by atoms with Crippen LogP contribution < -0.4 is 4.90 Å². The Bertz CT molecular complexity index is 657. The molecule has 5 rings (SSSR count). The average Bonchev–Trinajstić information content (AvgIpc) is 3.38. The first-order chi connectivity index (χ1) is 11.4. The van der Waals surface area contributed by atoms with Crippen LogP contribution in [0.15, 0.2) is 12.4 Å². The molecule has 0 aromatic carbocycles. The van der Waals surface area contributed by atoms with Crippen LogP contribution in [0.1, 0.15) is 31.4 Å². The van der Waals surface area contributed by atoms with Gasteiger partial charge in [0.25, 0.3) is 0 Å². The highest BCUT2D eigenvalue weighted by Crippen LogP contribution is 2.71. The van der Waals surface area contributed by atoms with E-state index in [4.69, 9.17) is 0 Å². The average molecular weight is 338 g/mol. The van der Waals surface area contributed by atoms with Crippen molar-refractivity contribution in [2.45, 2.75) is 43.9 Å². The van der Waals surface area contributed by atoms with Crippen molar-refractivity contribution in [2.75, 3.05) is 25.0 Å². The fraction of sp³-hybridized carbons (Fsp3) is 0.765. The van der Waals surface area contributed by atoms with Gasteiger partial charge >= 0.3 is 6.18 Å².